The van der Waals surface area contributed by atoms with Gasteiger partial charge in [0.1, 0.15) is 17.4 Å². The minimum atomic E-state index is -0.274. The Morgan fingerprint density at radius 2 is 1.84 bits per heavy atom. The van der Waals surface area contributed by atoms with Crippen molar-refractivity contribution in [3.05, 3.63) is 78.4 Å². The summed E-state index contributed by atoms with van der Waals surface area (Å²) in [5, 5.41) is 3.24. The zero-order chi connectivity index (χ0) is 21.2. The second-order valence-electron chi connectivity index (χ2n) is 7.97. The number of piperidine rings is 1. The SMILES string of the molecule is Cn1ccnc1[C@@H](NC(=O)C1CCN(c2nc3ccccc3o2)CC1)c1ccccc1. The van der Waals surface area contributed by atoms with Crippen molar-refractivity contribution in [1.82, 2.24) is 19.9 Å². The lowest BCUT2D eigenvalue weighted by Crippen LogP contribution is -2.42. The van der Waals surface area contributed by atoms with Crippen LogP contribution in [0.15, 0.2) is 71.4 Å². The second kappa shape index (κ2) is 8.26. The molecule has 3 heterocycles. The zero-order valence-corrected chi connectivity index (χ0v) is 17.4. The standard InChI is InChI=1S/C24H25N5O2/c1-28-16-13-25-22(28)21(17-7-3-2-4-8-17)27-23(30)18-11-14-29(15-12-18)24-26-19-9-5-6-10-20(19)31-24/h2-10,13,16,18,21H,11-12,14-15H2,1H3,(H,27,30)/t21-/m0/s1. The number of nitrogens with one attached hydrogen (secondary N) is 1. The minimum absolute atomic E-state index is 0.0490. The molecule has 1 atom stereocenters. The minimum Gasteiger partial charge on any atom is -0.423 e. The van der Waals surface area contributed by atoms with Gasteiger partial charge in [-0.15, -0.1) is 0 Å². The molecular formula is C24H25N5O2. The number of hydrogen-bond acceptors (Lipinski definition) is 5. The van der Waals surface area contributed by atoms with Crippen molar-refractivity contribution in [2.45, 2.75) is 18.9 Å². The van der Waals surface area contributed by atoms with Gasteiger partial charge in [-0.3, -0.25) is 4.79 Å². The van der Waals surface area contributed by atoms with Gasteiger partial charge in [0.25, 0.3) is 6.01 Å². The Kier molecular flexibility index (Phi) is 5.16. The monoisotopic (exact) mass is 415 g/mol. The van der Waals surface area contributed by atoms with Crippen LogP contribution in [0.5, 0.6) is 0 Å². The molecule has 2 aromatic carbocycles. The van der Waals surface area contributed by atoms with Gasteiger partial charge < -0.3 is 19.2 Å². The van der Waals surface area contributed by atoms with Crippen LogP contribution in [-0.4, -0.2) is 33.5 Å². The van der Waals surface area contributed by atoms with Gasteiger partial charge >= 0.3 is 0 Å². The van der Waals surface area contributed by atoms with Crippen molar-refractivity contribution in [1.29, 1.82) is 0 Å². The number of aromatic nitrogens is 3. The van der Waals surface area contributed by atoms with Crippen LogP contribution in [0.1, 0.15) is 30.3 Å². The van der Waals surface area contributed by atoms with E-state index in [-0.39, 0.29) is 17.9 Å². The Hall–Kier alpha value is -3.61. The number of benzene rings is 2. The van der Waals surface area contributed by atoms with E-state index in [9.17, 15) is 4.79 Å². The highest BCUT2D eigenvalue weighted by molar-refractivity contribution is 5.80. The van der Waals surface area contributed by atoms with Gasteiger partial charge in [0.15, 0.2) is 5.58 Å². The number of imidazole rings is 1. The Morgan fingerprint density at radius 1 is 1.10 bits per heavy atom. The van der Waals surface area contributed by atoms with Gasteiger partial charge in [-0.05, 0) is 30.5 Å². The van der Waals surface area contributed by atoms with Crippen LogP contribution in [0.2, 0.25) is 0 Å². The molecule has 1 aliphatic heterocycles. The molecule has 2 aromatic heterocycles. The lowest BCUT2D eigenvalue weighted by molar-refractivity contribution is -0.126. The summed E-state index contributed by atoms with van der Waals surface area (Å²) in [6.07, 6.45) is 5.17. The van der Waals surface area contributed by atoms with E-state index in [0.717, 1.165) is 48.4 Å². The van der Waals surface area contributed by atoms with Crippen LogP contribution >= 0.6 is 0 Å². The maximum atomic E-state index is 13.2. The number of oxazole rings is 1. The Bertz CT molecular complexity index is 1140. The molecule has 1 saturated heterocycles. The molecule has 0 saturated carbocycles. The average Bonchev–Trinajstić information content (AvgIpc) is 3.44. The largest absolute Gasteiger partial charge is 0.423 e. The van der Waals surface area contributed by atoms with Gasteiger partial charge in [-0.25, -0.2) is 4.98 Å². The zero-order valence-electron chi connectivity index (χ0n) is 17.4. The highest BCUT2D eigenvalue weighted by atomic mass is 16.4. The van der Waals surface area contributed by atoms with Crippen LogP contribution < -0.4 is 10.2 Å². The van der Waals surface area contributed by atoms with Crippen LogP contribution in [0, 0.1) is 5.92 Å². The Labute approximate surface area is 180 Å². The quantitative estimate of drug-likeness (QED) is 0.538. The van der Waals surface area contributed by atoms with E-state index in [4.69, 9.17) is 4.42 Å². The Morgan fingerprint density at radius 3 is 2.55 bits per heavy atom. The molecule has 1 aliphatic rings. The van der Waals surface area contributed by atoms with E-state index < -0.39 is 0 Å². The predicted molar refractivity (Wildman–Crippen MR) is 119 cm³/mol. The molecule has 1 N–H and O–H groups in total. The highest BCUT2D eigenvalue weighted by Crippen LogP contribution is 2.27. The predicted octanol–water partition coefficient (Wildman–Crippen LogP) is 3.68. The normalized spacial score (nSPS) is 15.8. The molecular weight excluding hydrogens is 390 g/mol. The van der Waals surface area contributed by atoms with Crippen LogP contribution in [0.3, 0.4) is 0 Å². The lowest BCUT2D eigenvalue weighted by Gasteiger charge is -2.31. The summed E-state index contributed by atoms with van der Waals surface area (Å²) in [4.78, 5) is 24.4. The molecule has 0 spiro atoms. The maximum Gasteiger partial charge on any atom is 0.298 e. The summed E-state index contributed by atoms with van der Waals surface area (Å²) in [6.45, 7) is 1.48. The number of amides is 1. The van der Waals surface area contributed by atoms with Gasteiger partial charge in [0.2, 0.25) is 5.91 Å². The number of carbonyl (C=O) groups excluding carboxylic acids is 1. The third kappa shape index (κ3) is 3.91. The summed E-state index contributed by atoms with van der Waals surface area (Å²) >= 11 is 0. The number of aryl methyl sites for hydroxylation is 1. The third-order valence-corrected chi connectivity index (χ3v) is 5.96. The van der Waals surface area contributed by atoms with E-state index in [1.54, 1.807) is 6.20 Å². The van der Waals surface area contributed by atoms with E-state index in [1.807, 2.05) is 72.4 Å². The topological polar surface area (TPSA) is 76.2 Å². The molecule has 31 heavy (non-hydrogen) atoms. The number of hydrogen-bond donors (Lipinski definition) is 1. The molecule has 4 aromatic rings. The first kappa shape index (κ1) is 19.4. The van der Waals surface area contributed by atoms with Gasteiger partial charge in [-0.2, -0.15) is 4.98 Å². The smallest absolute Gasteiger partial charge is 0.298 e. The molecule has 0 bridgehead atoms. The van der Waals surface area contributed by atoms with Crippen LogP contribution in [-0.2, 0) is 11.8 Å². The first-order valence-electron chi connectivity index (χ1n) is 10.6. The first-order valence-corrected chi connectivity index (χ1v) is 10.6. The number of nitrogens with zero attached hydrogens (tertiary/aromatic N) is 4. The van der Waals surface area contributed by atoms with E-state index >= 15 is 0 Å². The number of fused-ring (bicyclic) bond motifs is 1. The number of para-hydroxylation sites is 2. The van der Waals surface area contributed by atoms with Crippen molar-refractivity contribution in [2.24, 2.45) is 13.0 Å². The summed E-state index contributed by atoms with van der Waals surface area (Å²) in [5.74, 6) is 0.838. The molecule has 7 heteroatoms. The van der Waals surface area contributed by atoms with E-state index in [0.29, 0.717) is 6.01 Å². The summed E-state index contributed by atoms with van der Waals surface area (Å²) in [5.41, 5.74) is 2.67. The van der Waals surface area contributed by atoms with Crippen molar-refractivity contribution in [3.8, 4) is 0 Å². The van der Waals surface area contributed by atoms with Crippen LogP contribution in [0.25, 0.3) is 11.1 Å². The van der Waals surface area contributed by atoms with Crippen molar-refractivity contribution < 1.29 is 9.21 Å². The van der Waals surface area contributed by atoms with Gasteiger partial charge in [0, 0.05) is 38.4 Å². The van der Waals surface area contributed by atoms with Gasteiger partial charge in [-0.1, -0.05) is 42.5 Å². The molecule has 0 aliphatic carbocycles. The fourth-order valence-corrected chi connectivity index (χ4v) is 4.19. The van der Waals surface area contributed by atoms with Crippen molar-refractivity contribution >= 4 is 23.0 Å². The lowest BCUT2D eigenvalue weighted by atomic mass is 9.95. The summed E-state index contributed by atoms with van der Waals surface area (Å²) < 4.78 is 7.84. The molecule has 7 nitrogen and oxygen atoms in total. The van der Waals surface area contributed by atoms with Crippen molar-refractivity contribution in [3.63, 3.8) is 0 Å². The fraction of sp³-hybridized carbons (Fsp3) is 0.292. The number of anilines is 1. The maximum absolute atomic E-state index is 13.2. The average molecular weight is 415 g/mol. The second-order valence-corrected chi connectivity index (χ2v) is 7.97. The molecule has 1 amide bonds. The fourth-order valence-electron chi connectivity index (χ4n) is 4.19. The van der Waals surface area contributed by atoms with Gasteiger partial charge in [0.05, 0.1) is 0 Å². The molecule has 158 valence electrons. The molecule has 5 rings (SSSR count). The van der Waals surface area contributed by atoms with E-state index in [2.05, 4.69) is 20.2 Å². The van der Waals surface area contributed by atoms with Crippen molar-refractivity contribution in [2.75, 3.05) is 18.0 Å². The highest BCUT2D eigenvalue weighted by Gasteiger charge is 2.30. The molecule has 0 radical (unpaired) electrons. The Balaban J connectivity index is 1.27. The van der Waals surface area contributed by atoms with Crippen LogP contribution in [0.4, 0.5) is 6.01 Å². The third-order valence-electron chi connectivity index (χ3n) is 5.96. The molecule has 1 fully saturated rings. The molecule has 0 unspecified atom stereocenters. The first-order chi connectivity index (χ1) is 15.2. The number of carbonyl (C=O) groups is 1. The summed E-state index contributed by atoms with van der Waals surface area (Å²) in [7, 11) is 1.95. The summed E-state index contributed by atoms with van der Waals surface area (Å²) in [6, 6.07) is 18.1. The number of rotatable bonds is 5. The van der Waals surface area contributed by atoms with E-state index in [1.165, 1.54) is 0 Å².